The Labute approximate surface area is 126 Å². The fourth-order valence-corrected chi connectivity index (χ4v) is 2.52. The third-order valence-electron chi connectivity index (χ3n) is 3.19. The maximum atomic E-state index is 13.8. The summed E-state index contributed by atoms with van der Waals surface area (Å²) in [6.45, 7) is 0.160. The molecule has 2 aromatic rings. The van der Waals surface area contributed by atoms with Gasteiger partial charge in [-0.3, -0.25) is 0 Å². The molecule has 106 valence electrons. The standard InChI is InChI=1S/C15H14Cl2FNO/c16-10-3-1-2-9(6-10)13(8-19)15(20)12-7-11(17)4-5-14(12)18/h1-7,13,15,20H,8,19H2. The van der Waals surface area contributed by atoms with Crippen molar-refractivity contribution >= 4 is 23.2 Å². The zero-order chi connectivity index (χ0) is 14.7. The van der Waals surface area contributed by atoms with E-state index in [-0.39, 0.29) is 12.1 Å². The van der Waals surface area contributed by atoms with Crippen LogP contribution in [0, 0.1) is 5.82 Å². The van der Waals surface area contributed by atoms with Crippen molar-refractivity contribution in [2.45, 2.75) is 12.0 Å². The summed E-state index contributed by atoms with van der Waals surface area (Å²) in [4.78, 5) is 0. The van der Waals surface area contributed by atoms with Crippen molar-refractivity contribution in [2.75, 3.05) is 6.54 Å². The summed E-state index contributed by atoms with van der Waals surface area (Å²) in [7, 11) is 0. The van der Waals surface area contributed by atoms with Gasteiger partial charge >= 0.3 is 0 Å². The van der Waals surface area contributed by atoms with Gasteiger partial charge in [-0.2, -0.15) is 0 Å². The van der Waals surface area contributed by atoms with Crippen LogP contribution in [0.1, 0.15) is 23.1 Å². The highest BCUT2D eigenvalue weighted by Crippen LogP contribution is 2.33. The quantitative estimate of drug-likeness (QED) is 0.899. The summed E-state index contributed by atoms with van der Waals surface area (Å²) in [6, 6.07) is 11.1. The zero-order valence-corrected chi connectivity index (χ0v) is 12.1. The Bertz CT molecular complexity index is 606. The highest BCUT2D eigenvalue weighted by molar-refractivity contribution is 6.30. The summed E-state index contributed by atoms with van der Waals surface area (Å²) in [5.74, 6) is -0.968. The van der Waals surface area contributed by atoms with Crippen molar-refractivity contribution in [2.24, 2.45) is 5.73 Å². The van der Waals surface area contributed by atoms with Crippen LogP contribution in [0.5, 0.6) is 0 Å². The molecule has 0 saturated carbocycles. The maximum absolute atomic E-state index is 13.8. The second kappa shape index (κ2) is 6.55. The summed E-state index contributed by atoms with van der Waals surface area (Å²) in [6.07, 6.45) is -1.09. The SMILES string of the molecule is NCC(c1cccc(Cl)c1)C(O)c1cc(Cl)ccc1F. The van der Waals surface area contributed by atoms with Gasteiger partial charge in [0.25, 0.3) is 0 Å². The Morgan fingerprint density at radius 1 is 1.10 bits per heavy atom. The van der Waals surface area contributed by atoms with Crippen LogP contribution >= 0.6 is 23.2 Å². The first kappa shape index (κ1) is 15.3. The maximum Gasteiger partial charge on any atom is 0.129 e. The topological polar surface area (TPSA) is 46.2 Å². The number of hydrogen-bond donors (Lipinski definition) is 2. The molecule has 0 aliphatic rings. The van der Waals surface area contributed by atoms with E-state index in [0.717, 1.165) is 5.56 Å². The van der Waals surface area contributed by atoms with Gasteiger partial charge in [-0.25, -0.2) is 4.39 Å². The monoisotopic (exact) mass is 313 g/mol. The first-order valence-corrected chi connectivity index (χ1v) is 6.87. The lowest BCUT2D eigenvalue weighted by atomic mass is 9.89. The van der Waals surface area contributed by atoms with Crippen LogP contribution in [-0.4, -0.2) is 11.7 Å². The van der Waals surface area contributed by atoms with Crippen LogP contribution in [0.3, 0.4) is 0 Å². The molecule has 0 heterocycles. The van der Waals surface area contributed by atoms with Crippen molar-refractivity contribution < 1.29 is 9.50 Å². The van der Waals surface area contributed by atoms with Gasteiger partial charge in [0.15, 0.2) is 0 Å². The first-order chi connectivity index (χ1) is 9.52. The van der Waals surface area contributed by atoms with E-state index in [1.165, 1.54) is 18.2 Å². The van der Waals surface area contributed by atoms with E-state index in [9.17, 15) is 9.50 Å². The Kier molecular flexibility index (Phi) is 5.00. The molecule has 5 heteroatoms. The number of aliphatic hydroxyl groups excluding tert-OH is 1. The average molecular weight is 314 g/mol. The average Bonchev–Trinajstić information content (AvgIpc) is 2.42. The van der Waals surface area contributed by atoms with Gasteiger partial charge in [-0.05, 0) is 35.9 Å². The molecule has 0 spiro atoms. The number of aliphatic hydroxyl groups is 1. The van der Waals surface area contributed by atoms with E-state index in [0.29, 0.717) is 10.0 Å². The molecule has 2 unspecified atom stereocenters. The first-order valence-electron chi connectivity index (χ1n) is 6.11. The predicted octanol–water partition coefficient (Wildman–Crippen LogP) is 3.91. The molecule has 0 aliphatic carbocycles. The summed E-state index contributed by atoms with van der Waals surface area (Å²) in [5, 5.41) is 11.3. The van der Waals surface area contributed by atoms with Crippen LogP contribution in [-0.2, 0) is 0 Å². The Morgan fingerprint density at radius 3 is 2.45 bits per heavy atom. The van der Waals surface area contributed by atoms with E-state index in [4.69, 9.17) is 28.9 Å². The summed E-state index contributed by atoms with van der Waals surface area (Å²) in [5.41, 5.74) is 6.61. The van der Waals surface area contributed by atoms with Crippen LogP contribution in [0.25, 0.3) is 0 Å². The molecule has 3 N–H and O–H groups in total. The minimum absolute atomic E-state index is 0.132. The lowest BCUT2D eigenvalue weighted by Crippen LogP contribution is -2.21. The summed E-state index contributed by atoms with van der Waals surface area (Å²) >= 11 is 11.8. The van der Waals surface area contributed by atoms with Crippen LogP contribution in [0.2, 0.25) is 10.0 Å². The van der Waals surface area contributed by atoms with Crippen LogP contribution in [0.15, 0.2) is 42.5 Å². The third-order valence-corrected chi connectivity index (χ3v) is 3.66. The number of nitrogens with two attached hydrogens (primary N) is 1. The van der Waals surface area contributed by atoms with E-state index in [1.807, 2.05) is 0 Å². The Balaban J connectivity index is 2.38. The molecule has 0 amide bonds. The van der Waals surface area contributed by atoms with Gasteiger partial charge < -0.3 is 10.8 Å². The van der Waals surface area contributed by atoms with Gasteiger partial charge in [-0.15, -0.1) is 0 Å². The molecule has 20 heavy (non-hydrogen) atoms. The van der Waals surface area contributed by atoms with Crippen LogP contribution in [0.4, 0.5) is 4.39 Å². The smallest absolute Gasteiger partial charge is 0.129 e. The van der Waals surface area contributed by atoms with Crippen LogP contribution < -0.4 is 5.73 Å². The molecule has 0 saturated heterocycles. The Morgan fingerprint density at radius 2 is 1.80 bits per heavy atom. The minimum Gasteiger partial charge on any atom is -0.388 e. The van der Waals surface area contributed by atoms with Crippen molar-refractivity contribution in [1.82, 2.24) is 0 Å². The van der Waals surface area contributed by atoms with E-state index in [2.05, 4.69) is 0 Å². The molecular formula is C15H14Cl2FNO. The van der Waals surface area contributed by atoms with Crippen molar-refractivity contribution in [3.8, 4) is 0 Å². The van der Waals surface area contributed by atoms with Gasteiger partial charge in [0.1, 0.15) is 5.82 Å². The molecule has 0 aromatic heterocycles. The van der Waals surface area contributed by atoms with Crippen molar-refractivity contribution in [1.29, 1.82) is 0 Å². The molecule has 2 atom stereocenters. The molecule has 2 rings (SSSR count). The molecule has 2 aromatic carbocycles. The second-order valence-corrected chi connectivity index (χ2v) is 5.38. The second-order valence-electron chi connectivity index (χ2n) is 4.51. The minimum atomic E-state index is -1.09. The van der Waals surface area contributed by atoms with Gasteiger partial charge in [-0.1, -0.05) is 35.3 Å². The predicted molar refractivity (Wildman–Crippen MR) is 79.6 cm³/mol. The largest absolute Gasteiger partial charge is 0.388 e. The van der Waals surface area contributed by atoms with E-state index < -0.39 is 17.8 Å². The number of hydrogen-bond acceptors (Lipinski definition) is 2. The van der Waals surface area contributed by atoms with Gasteiger partial charge in [0.05, 0.1) is 6.10 Å². The van der Waals surface area contributed by atoms with Crippen molar-refractivity contribution in [3.63, 3.8) is 0 Å². The van der Waals surface area contributed by atoms with Crippen molar-refractivity contribution in [3.05, 3.63) is 69.5 Å². The molecular weight excluding hydrogens is 300 g/mol. The molecule has 2 nitrogen and oxygen atoms in total. The highest BCUT2D eigenvalue weighted by atomic mass is 35.5. The molecule has 0 aliphatic heterocycles. The lowest BCUT2D eigenvalue weighted by Gasteiger charge is -2.23. The summed E-state index contributed by atoms with van der Waals surface area (Å²) < 4.78 is 13.8. The molecule has 0 fully saturated rings. The number of rotatable bonds is 4. The fraction of sp³-hybridized carbons (Fsp3) is 0.200. The van der Waals surface area contributed by atoms with E-state index >= 15 is 0 Å². The highest BCUT2D eigenvalue weighted by Gasteiger charge is 2.24. The lowest BCUT2D eigenvalue weighted by molar-refractivity contribution is 0.143. The van der Waals surface area contributed by atoms with Gasteiger partial charge in [0.2, 0.25) is 0 Å². The van der Waals surface area contributed by atoms with Gasteiger partial charge in [0, 0.05) is 28.1 Å². The zero-order valence-electron chi connectivity index (χ0n) is 10.6. The molecule has 0 radical (unpaired) electrons. The normalized spacial score (nSPS) is 14.1. The Hall–Kier alpha value is -1.13. The fourth-order valence-electron chi connectivity index (χ4n) is 2.14. The molecule has 0 bridgehead atoms. The van der Waals surface area contributed by atoms with E-state index in [1.54, 1.807) is 24.3 Å². The number of halogens is 3. The third kappa shape index (κ3) is 3.30. The number of benzene rings is 2.